The van der Waals surface area contributed by atoms with Gasteiger partial charge in [0.1, 0.15) is 5.75 Å². The van der Waals surface area contributed by atoms with Crippen molar-refractivity contribution in [3.8, 4) is 5.75 Å². The number of benzene rings is 2. The van der Waals surface area contributed by atoms with Crippen molar-refractivity contribution in [2.24, 2.45) is 35.5 Å². The van der Waals surface area contributed by atoms with Gasteiger partial charge in [-0.05, 0) is 54.4 Å². The van der Waals surface area contributed by atoms with Gasteiger partial charge in [0, 0.05) is 11.8 Å². The van der Waals surface area contributed by atoms with Gasteiger partial charge in [0.25, 0.3) is 5.91 Å². The maximum absolute atomic E-state index is 13.4. The van der Waals surface area contributed by atoms with Crippen LogP contribution in [0.3, 0.4) is 0 Å². The molecule has 0 aromatic heterocycles. The summed E-state index contributed by atoms with van der Waals surface area (Å²) in [6.07, 6.45) is 5.42. The number of anilines is 2. The van der Waals surface area contributed by atoms with E-state index in [1.54, 1.807) is 55.6 Å². The summed E-state index contributed by atoms with van der Waals surface area (Å²) in [5.41, 5.74) is 1.24. The molecule has 7 rings (SSSR count). The van der Waals surface area contributed by atoms with E-state index in [4.69, 9.17) is 4.74 Å². The Bertz CT molecular complexity index is 1120. The Labute approximate surface area is 179 Å². The van der Waals surface area contributed by atoms with Crippen LogP contribution in [0, 0.1) is 35.5 Å². The van der Waals surface area contributed by atoms with Crippen LogP contribution in [0.1, 0.15) is 16.8 Å². The van der Waals surface area contributed by atoms with E-state index in [2.05, 4.69) is 17.5 Å². The number of para-hydroxylation sites is 1. The van der Waals surface area contributed by atoms with Gasteiger partial charge in [-0.3, -0.25) is 14.4 Å². The SMILES string of the molecule is COc1cccc(NC(=O)c2ccccc2N2C(=O)[C@@H]3[C@@H]4C=C[C@@H]([C@@H]5C[C@@H]45)[C@@H]3C2=O)c1. The predicted octanol–water partition coefficient (Wildman–Crippen LogP) is 3.51. The van der Waals surface area contributed by atoms with Crippen LogP contribution in [-0.2, 0) is 9.59 Å². The maximum Gasteiger partial charge on any atom is 0.257 e. The Hall–Kier alpha value is -3.41. The Kier molecular flexibility index (Phi) is 3.88. The summed E-state index contributed by atoms with van der Waals surface area (Å²) in [7, 11) is 1.56. The minimum Gasteiger partial charge on any atom is -0.497 e. The van der Waals surface area contributed by atoms with Crippen molar-refractivity contribution in [1.29, 1.82) is 0 Å². The third-order valence-electron chi connectivity index (χ3n) is 7.38. The topological polar surface area (TPSA) is 75.7 Å². The summed E-state index contributed by atoms with van der Waals surface area (Å²) in [6, 6.07) is 13.9. The van der Waals surface area contributed by atoms with Crippen LogP contribution >= 0.6 is 0 Å². The quantitative estimate of drug-likeness (QED) is 0.614. The molecule has 1 saturated heterocycles. The average molecular weight is 414 g/mol. The van der Waals surface area contributed by atoms with Gasteiger partial charge < -0.3 is 10.1 Å². The fourth-order valence-corrected chi connectivity index (χ4v) is 5.95. The number of hydrogen-bond acceptors (Lipinski definition) is 4. The van der Waals surface area contributed by atoms with E-state index in [0.717, 1.165) is 6.42 Å². The van der Waals surface area contributed by atoms with Crippen molar-refractivity contribution < 1.29 is 19.1 Å². The van der Waals surface area contributed by atoms with Crippen molar-refractivity contribution in [1.82, 2.24) is 0 Å². The molecule has 3 fully saturated rings. The van der Waals surface area contributed by atoms with E-state index in [1.165, 1.54) is 4.90 Å². The van der Waals surface area contributed by atoms with Gasteiger partial charge in [0.2, 0.25) is 11.8 Å². The summed E-state index contributed by atoms with van der Waals surface area (Å²) >= 11 is 0. The molecule has 2 bridgehead atoms. The smallest absolute Gasteiger partial charge is 0.257 e. The number of nitrogens with zero attached hydrogens (tertiary/aromatic N) is 1. The lowest BCUT2D eigenvalue weighted by Crippen LogP contribution is -2.40. The van der Waals surface area contributed by atoms with E-state index in [-0.39, 0.29) is 41.4 Å². The fraction of sp³-hybridized carbons (Fsp3) is 0.320. The van der Waals surface area contributed by atoms with Crippen LogP contribution in [0.4, 0.5) is 11.4 Å². The van der Waals surface area contributed by atoms with E-state index in [9.17, 15) is 14.4 Å². The molecule has 2 aromatic rings. The van der Waals surface area contributed by atoms with Crippen molar-refractivity contribution in [3.63, 3.8) is 0 Å². The Morgan fingerprint density at radius 3 is 2.32 bits per heavy atom. The number of nitrogens with one attached hydrogen (secondary N) is 1. The molecule has 6 heteroatoms. The van der Waals surface area contributed by atoms with Gasteiger partial charge in [0.15, 0.2) is 0 Å². The molecule has 2 saturated carbocycles. The molecule has 1 heterocycles. The first-order chi connectivity index (χ1) is 15.1. The summed E-state index contributed by atoms with van der Waals surface area (Å²) in [5, 5.41) is 2.85. The van der Waals surface area contributed by atoms with E-state index in [0.29, 0.717) is 34.5 Å². The zero-order valence-electron chi connectivity index (χ0n) is 17.0. The molecule has 1 N–H and O–H groups in total. The second-order valence-electron chi connectivity index (χ2n) is 8.87. The van der Waals surface area contributed by atoms with Crippen LogP contribution in [0.25, 0.3) is 0 Å². The number of allylic oxidation sites excluding steroid dienone is 2. The molecule has 0 spiro atoms. The maximum atomic E-state index is 13.4. The van der Waals surface area contributed by atoms with E-state index >= 15 is 0 Å². The molecule has 0 unspecified atom stereocenters. The first-order valence-electron chi connectivity index (χ1n) is 10.7. The Morgan fingerprint density at radius 2 is 1.65 bits per heavy atom. The highest BCUT2D eigenvalue weighted by Crippen LogP contribution is 2.65. The number of amides is 3. The fourth-order valence-electron chi connectivity index (χ4n) is 5.95. The first-order valence-corrected chi connectivity index (χ1v) is 10.7. The second-order valence-corrected chi connectivity index (χ2v) is 8.87. The molecule has 1 aliphatic heterocycles. The minimum atomic E-state index is -0.372. The highest BCUT2D eigenvalue weighted by atomic mass is 16.5. The third-order valence-corrected chi connectivity index (χ3v) is 7.38. The number of ether oxygens (including phenoxy) is 1. The van der Waals surface area contributed by atoms with Gasteiger partial charge in [-0.15, -0.1) is 0 Å². The van der Waals surface area contributed by atoms with Gasteiger partial charge in [-0.25, -0.2) is 4.90 Å². The van der Waals surface area contributed by atoms with Crippen LogP contribution in [0.5, 0.6) is 5.75 Å². The van der Waals surface area contributed by atoms with Gasteiger partial charge in [-0.1, -0.05) is 30.4 Å². The minimum absolute atomic E-state index is 0.152. The molecule has 4 aliphatic carbocycles. The largest absolute Gasteiger partial charge is 0.497 e. The Morgan fingerprint density at radius 1 is 0.968 bits per heavy atom. The van der Waals surface area contributed by atoms with Gasteiger partial charge >= 0.3 is 0 Å². The number of rotatable bonds is 4. The van der Waals surface area contributed by atoms with E-state index < -0.39 is 0 Å². The molecular formula is C25H22N2O4. The summed E-state index contributed by atoms with van der Waals surface area (Å²) in [5.74, 6) is 0.728. The summed E-state index contributed by atoms with van der Waals surface area (Å²) in [6.45, 7) is 0. The Balaban J connectivity index is 1.33. The molecule has 3 amide bonds. The standard InChI is InChI=1S/C25H22N2O4/c1-31-14-6-4-5-13(11-14)26-23(28)17-7-2-3-8-20(17)27-24(29)21-15-9-10-16(19-12-18(15)19)22(21)25(27)30/h2-11,15-16,18-19,21-22H,12H2,1H3,(H,26,28)/t15-,16+,18-,19-,21-,22+/m0/s1. The van der Waals surface area contributed by atoms with Crippen LogP contribution in [0.15, 0.2) is 60.7 Å². The number of hydrogen-bond donors (Lipinski definition) is 1. The molecule has 5 aliphatic rings. The molecular weight excluding hydrogens is 392 g/mol. The average Bonchev–Trinajstić information content (AvgIpc) is 3.57. The third kappa shape index (κ3) is 2.60. The first kappa shape index (κ1) is 18.4. The van der Waals surface area contributed by atoms with Crippen molar-refractivity contribution in [3.05, 3.63) is 66.2 Å². The van der Waals surface area contributed by atoms with Crippen LogP contribution in [-0.4, -0.2) is 24.8 Å². The second kappa shape index (κ2) is 6.54. The monoisotopic (exact) mass is 414 g/mol. The number of methoxy groups -OCH3 is 1. The normalized spacial score (nSPS) is 32.0. The van der Waals surface area contributed by atoms with Crippen molar-refractivity contribution in [2.45, 2.75) is 6.42 Å². The lowest BCUT2D eigenvalue weighted by molar-refractivity contribution is -0.124. The molecule has 6 atom stereocenters. The van der Waals surface area contributed by atoms with E-state index in [1.807, 2.05) is 0 Å². The van der Waals surface area contributed by atoms with Crippen molar-refractivity contribution in [2.75, 3.05) is 17.3 Å². The van der Waals surface area contributed by atoms with Crippen LogP contribution in [0.2, 0.25) is 0 Å². The number of carbonyl (C=O) groups is 3. The summed E-state index contributed by atoms with van der Waals surface area (Å²) in [4.78, 5) is 41.3. The van der Waals surface area contributed by atoms with Gasteiger partial charge in [-0.2, -0.15) is 0 Å². The lowest BCUT2D eigenvalue weighted by Gasteiger charge is -2.37. The molecule has 6 nitrogen and oxygen atoms in total. The molecule has 156 valence electrons. The summed E-state index contributed by atoms with van der Waals surface area (Å²) < 4.78 is 5.21. The lowest BCUT2D eigenvalue weighted by atomic mass is 9.63. The molecule has 0 radical (unpaired) electrons. The highest BCUT2D eigenvalue weighted by Gasteiger charge is 2.67. The number of imide groups is 1. The molecule has 2 aromatic carbocycles. The van der Waals surface area contributed by atoms with Crippen molar-refractivity contribution >= 4 is 29.1 Å². The zero-order chi connectivity index (χ0) is 21.3. The number of carbonyl (C=O) groups excluding carboxylic acids is 3. The molecule has 31 heavy (non-hydrogen) atoms. The van der Waals surface area contributed by atoms with Crippen LogP contribution < -0.4 is 15.0 Å². The van der Waals surface area contributed by atoms with Gasteiger partial charge in [0.05, 0.1) is 30.2 Å². The zero-order valence-corrected chi connectivity index (χ0v) is 17.0. The highest BCUT2D eigenvalue weighted by molar-refractivity contribution is 6.25. The predicted molar refractivity (Wildman–Crippen MR) is 115 cm³/mol.